The number of carbonyl (C=O) groups excluding carboxylic acids is 1. The van der Waals surface area contributed by atoms with E-state index in [9.17, 15) is 4.79 Å². The molecule has 21 heavy (non-hydrogen) atoms. The van der Waals surface area contributed by atoms with Gasteiger partial charge in [0.05, 0.1) is 5.56 Å². The number of ether oxygens (including phenoxy) is 1. The molecule has 1 amide bonds. The van der Waals surface area contributed by atoms with E-state index in [-0.39, 0.29) is 5.91 Å². The second kappa shape index (κ2) is 7.61. The molecule has 1 aliphatic rings. The van der Waals surface area contributed by atoms with Crippen molar-refractivity contribution in [3.63, 3.8) is 0 Å². The van der Waals surface area contributed by atoms with Gasteiger partial charge in [-0.2, -0.15) is 0 Å². The number of hydrogen-bond acceptors (Lipinski definition) is 3. The van der Waals surface area contributed by atoms with Crippen LogP contribution in [0.2, 0.25) is 0 Å². The highest BCUT2D eigenvalue weighted by atomic mass is 16.5. The van der Waals surface area contributed by atoms with Gasteiger partial charge in [-0.25, -0.2) is 0 Å². The third-order valence-corrected chi connectivity index (χ3v) is 4.35. The normalized spacial score (nSPS) is 16.4. The quantitative estimate of drug-likeness (QED) is 0.746. The van der Waals surface area contributed by atoms with E-state index in [2.05, 4.69) is 4.90 Å². The van der Waals surface area contributed by atoms with Crippen molar-refractivity contribution in [2.75, 3.05) is 46.4 Å². The molecule has 0 atom stereocenters. The van der Waals surface area contributed by atoms with Gasteiger partial charge in [0.15, 0.2) is 0 Å². The van der Waals surface area contributed by atoms with Crippen LogP contribution in [0, 0.1) is 6.92 Å². The Morgan fingerprint density at radius 3 is 2.52 bits per heavy atom. The zero-order chi connectivity index (χ0) is 15.2. The lowest BCUT2D eigenvalue weighted by atomic mass is 10.2. The van der Waals surface area contributed by atoms with Gasteiger partial charge in [-0.3, -0.25) is 9.69 Å². The fourth-order valence-electron chi connectivity index (χ4n) is 2.76. The molecule has 1 aliphatic heterocycles. The maximum atomic E-state index is 12.5. The third kappa shape index (κ3) is 4.08. The van der Waals surface area contributed by atoms with Gasteiger partial charge < -0.3 is 14.2 Å². The van der Waals surface area contributed by atoms with Crippen molar-refractivity contribution in [3.8, 4) is 0 Å². The highest BCUT2D eigenvalue weighted by Crippen LogP contribution is 2.13. The van der Waals surface area contributed by atoms with E-state index in [1.807, 2.05) is 35.7 Å². The maximum absolute atomic E-state index is 12.5. The molecule has 0 radical (unpaired) electrons. The fraction of sp³-hybridized carbons (Fsp3) is 0.688. The molecule has 0 saturated carbocycles. The molecule has 0 spiro atoms. The number of rotatable bonds is 6. The van der Waals surface area contributed by atoms with Gasteiger partial charge in [-0.15, -0.1) is 0 Å². The van der Waals surface area contributed by atoms with Crippen LogP contribution in [0.25, 0.3) is 0 Å². The predicted octanol–water partition coefficient (Wildman–Crippen LogP) is 1.52. The Hall–Kier alpha value is -1.33. The van der Waals surface area contributed by atoms with E-state index in [1.165, 1.54) is 6.42 Å². The Morgan fingerprint density at radius 1 is 1.24 bits per heavy atom. The summed E-state index contributed by atoms with van der Waals surface area (Å²) in [4.78, 5) is 16.9. The molecule has 5 nitrogen and oxygen atoms in total. The summed E-state index contributed by atoms with van der Waals surface area (Å²) in [6.07, 6.45) is 4.23. The smallest absolute Gasteiger partial charge is 0.255 e. The number of unbranched alkanes of at least 4 members (excludes halogenated alkanes) is 1. The van der Waals surface area contributed by atoms with Crippen molar-refractivity contribution >= 4 is 5.91 Å². The molecule has 0 N–H and O–H groups in total. The van der Waals surface area contributed by atoms with Gasteiger partial charge in [0.25, 0.3) is 5.91 Å². The van der Waals surface area contributed by atoms with Crippen molar-refractivity contribution in [1.82, 2.24) is 14.4 Å². The van der Waals surface area contributed by atoms with Crippen molar-refractivity contribution in [2.45, 2.75) is 19.8 Å². The summed E-state index contributed by atoms with van der Waals surface area (Å²) in [7, 11) is 3.72. The van der Waals surface area contributed by atoms with E-state index in [1.54, 1.807) is 7.11 Å². The number of carbonyl (C=O) groups is 1. The van der Waals surface area contributed by atoms with Gasteiger partial charge in [-0.1, -0.05) is 0 Å². The number of methoxy groups -OCH3 is 1. The molecule has 0 unspecified atom stereocenters. The van der Waals surface area contributed by atoms with Crippen molar-refractivity contribution in [1.29, 1.82) is 0 Å². The SMILES string of the molecule is COCCCCN1CCN(C(=O)c2ccn(C)c2C)CC1. The molecule has 0 aliphatic carbocycles. The van der Waals surface area contributed by atoms with E-state index in [0.29, 0.717) is 0 Å². The molecule has 0 bridgehead atoms. The number of piperazine rings is 1. The van der Waals surface area contributed by atoms with E-state index < -0.39 is 0 Å². The third-order valence-electron chi connectivity index (χ3n) is 4.35. The minimum atomic E-state index is 0.173. The molecule has 2 rings (SSSR count). The summed E-state index contributed by atoms with van der Waals surface area (Å²) in [6, 6.07) is 1.93. The van der Waals surface area contributed by atoms with Crippen LogP contribution in [-0.2, 0) is 11.8 Å². The Labute approximate surface area is 127 Å². The summed E-state index contributed by atoms with van der Waals surface area (Å²) in [6.45, 7) is 7.56. The molecule has 1 fully saturated rings. The van der Waals surface area contributed by atoms with Crippen molar-refractivity contribution < 1.29 is 9.53 Å². The lowest BCUT2D eigenvalue weighted by molar-refractivity contribution is 0.0631. The Morgan fingerprint density at radius 2 is 1.95 bits per heavy atom. The Balaban J connectivity index is 1.78. The van der Waals surface area contributed by atoms with Crippen LogP contribution in [0.1, 0.15) is 28.9 Å². The fourth-order valence-corrected chi connectivity index (χ4v) is 2.76. The highest BCUT2D eigenvalue weighted by Gasteiger charge is 2.23. The minimum absolute atomic E-state index is 0.173. The lowest BCUT2D eigenvalue weighted by Crippen LogP contribution is -2.48. The van der Waals surface area contributed by atoms with Crippen LogP contribution in [0.15, 0.2) is 12.3 Å². The predicted molar refractivity (Wildman–Crippen MR) is 83.6 cm³/mol. The summed E-state index contributed by atoms with van der Waals surface area (Å²) >= 11 is 0. The van der Waals surface area contributed by atoms with E-state index >= 15 is 0 Å². The van der Waals surface area contributed by atoms with Crippen molar-refractivity contribution in [3.05, 3.63) is 23.5 Å². The monoisotopic (exact) mass is 293 g/mol. The van der Waals surface area contributed by atoms with Gasteiger partial charge in [0.2, 0.25) is 0 Å². The van der Waals surface area contributed by atoms with Crippen LogP contribution in [-0.4, -0.2) is 66.7 Å². The largest absolute Gasteiger partial charge is 0.385 e. The first kappa shape index (κ1) is 16.0. The average Bonchev–Trinajstić information content (AvgIpc) is 2.83. The number of nitrogens with zero attached hydrogens (tertiary/aromatic N) is 3. The summed E-state index contributed by atoms with van der Waals surface area (Å²) < 4.78 is 7.07. The Bertz CT molecular complexity index is 462. The average molecular weight is 293 g/mol. The zero-order valence-electron chi connectivity index (χ0n) is 13.5. The first-order valence-corrected chi connectivity index (χ1v) is 7.76. The first-order chi connectivity index (χ1) is 10.1. The second-order valence-electron chi connectivity index (χ2n) is 5.76. The first-order valence-electron chi connectivity index (χ1n) is 7.76. The molecule has 5 heteroatoms. The maximum Gasteiger partial charge on any atom is 0.255 e. The lowest BCUT2D eigenvalue weighted by Gasteiger charge is -2.34. The number of aromatic nitrogens is 1. The van der Waals surface area contributed by atoms with Crippen LogP contribution in [0.4, 0.5) is 0 Å². The van der Waals surface area contributed by atoms with Gasteiger partial charge in [0.1, 0.15) is 0 Å². The van der Waals surface area contributed by atoms with E-state index in [0.717, 1.165) is 57.0 Å². The minimum Gasteiger partial charge on any atom is -0.385 e. The summed E-state index contributed by atoms with van der Waals surface area (Å²) in [5, 5.41) is 0. The van der Waals surface area contributed by atoms with Crippen LogP contribution < -0.4 is 0 Å². The zero-order valence-corrected chi connectivity index (χ0v) is 13.5. The van der Waals surface area contributed by atoms with E-state index in [4.69, 9.17) is 4.74 Å². The van der Waals surface area contributed by atoms with Gasteiger partial charge in [0, 0.05) is 58.8 Å². The van der Waals surface area contributed by atoms with Crippen LogP contribution in [0.3, 0.4) is 0 Å². The standard InChI is InChI=1S/C16H27N3O2/c1-14-15(6-8-17(14)2)16(20)19-11-9-18(10-12-19)7-4-5-13-21-3/h6,8H,4-5,7,9-13H2,1-3H3. The molecular weight excluding hydrogens is 266 g/mol. The molecule has 0 aromatic carbocycles. The van der Waals surface area contributed by atoms with Crippen molar-refractivity contribution in [2.24, 2.45) is 7.05 Å². The number of amides is 1. The second-order valence-corrected chi connectivity index (χ2v) is 5.76. The van der Waals surface area contributed by atoms with Crippen LogP contribution in [0.5, 0.6) is 0 Å². The number of aryl methyl sites for hydroxylation is 1. The molecule has 1 aromatic heterocycles. The molecule has 1 aromatic rings. The summed E-state index contributed by atoms with van der Waals surface area (Å²) in [5.74, 6) is 0.173. The molecule has 118 valence electrons. The summed E-state index contributed by atoms with van der Waals surface area (Å²) in [5.41, 5.74) is 1.88. The molecular formula is C16H27N3O2. The van der Waals surface area contributed by atoms with Crippen LogP contribution >= 0.6 is 0 Å². The number of hydrogen-bond donors (Lipinski definition) is 0. The Kier molecular flexibility index (Phi) is 5.82. The molecule has 1 saturated heterocycles. The van der Waals surface area contributed by atoms with Gasteiger partial charge >= 0.3 is 0 Å². The molecule has 2 heterocycles. The van der Waals surface area contributed by atoms with Gasteiger partial charge in [-0.05, 0) is 32.4 Å². The topological polar surface area (TPSA) is 37.7 Å². The highest BCUT2D eigenvalue weighted by molar-refractivity contribution is 5.95.